The highest BCUT2D eigenvalue weighted by Crippen LogP contribution is 2.22. The first-order valence-corrected chi connectivity index (χ1v) is 5.07. The number of hydrogen-bond donors (Lipinski definition) is 2. The lowest BCUT2D eigenvalue weighted by Crippen LogP contribution is -2.37. The first-order valence-electron chi connectivity index (χ1n) is 5.07. The van der Waals surface area contributed by atoms with Gasteiger partial charge in [-0.15, -0.1) is 0 Å². The second-order valence-electron chi connectivity index (χ2n) is 4.90. The Bertz CT molecular complexity index is 216. The molecular formula is C10H20N2O2. The van der Waals surface area contributed by atoms with Crippen molar-refractivity contribution in [2.45, 2.75) is 20.3 Å². The highest BCUT2D eigenvalue weighted by molar-refractivity contribution is 5.78. The van der Waals surface area contributed by atoms with Gasteiger partial charge in [0.2, 0.25) is 5.91 Å². The maximum Gasteiger partial charge on any atom is 0.222 e. The van der Waals surface area contributed by atoms with Gasteiger partial charge in [-0.3, -0.25) is 4.79 Å². The Morgan fingerprint density at radius 3 is 2.71 bits per heavy atom. The maximum absolute atomic E-state index is 11.5. The van der Waals surface area contributed by atoms with Crippen LogP contribution in [0.4, 0.5) is 0 Å². The third-order valence-electron chi connectivity index (χ3n) is 2.67. The monoisotopic (exact) mass is 200 g/mol. The Morgan fingerprint density at radius 1 is 1.64 bits per heavy atom. The van der Waals surface area contributed by atoms with E-state index in [0.717, 1.165) is 6.54 Å². The molecule has 14 heavy (non-hydrogen) atoms. The average Bonchev–Trinajstić information content (AvgIpc) is 2.47. The molecule has 3 N–H and O–H groups in total. The van der Waals surface area contributed by atoms with E-state index in [1.54, 1.807) is 0 Å². The molecule has 0 saturated carbocycles. The summed E-state index contributed by atoms with van der Waals surface area (Å²) in [6.45, 7) is 5.95. The average molecular weight is 200 g/mol. The molecule has 0 radical (unpaired) electrons. The number of rotatable bonds is 4. The van der Waals surface area contributed by atoms with E-state index in [2.05, 4.69) is 0 Å². The number of nitrogens with zero attached hydrogens (tertiary/aromatic N) is 1. The van der Waals surface area contributed by atoms with Crippen molar-refractivity contribution in [2.24, 2.45) is 17.1 Å². The molecule has 82 valence electrons. The standard InChI is InChI=1S/C10H20N2O2/c1-10(2,7-13)6-12-5-8(4-11)3-9(12)14/h8,13H,3-7,11H2,1-2H3. The number of aliphatic hydroxyl groups is 1. The Labute approximate surface area is 85.1 Å². The lowest BCUT2D eigenvalue weighted by molar-refractivity contribution is -0.129. The second kappa shape index (κ2) is 4.28. The molecule has 1 aliphatic heterocycles. The summed E-state index contributed by atoms with van der Waals surface area (Å²) in [5.41, 5.74) is 5.32. The smallest absolute Gasteiger partial charge is 0.222 e. The van der Waals surface area contributed by atoms with E-state index in [1.165, 1.54) is 0 Å². The van der Waals surface area contributed by atoms with Crippen molar-refractivity contribution in [1.29, 1.82) is 0 Å². The second-order valence-corrected chi connectivity index (χ2v) is 4.90. The molecule has 0 spiro atoms. The van der Waals surface area contributed by atoms with Crippen LogP contribution in [-0.4, -0.2) is 42.2 Å². The van der Waals surface area contributed by atoms with Gasteiger partial charge in [0.1, 0.15) is 0 Å². The molecule has 1 saturated heterocycles. The van der Waals surface area contributed by atoms with Crippen LogP contribution < -0.4 is 5.73 Å². The van der Waals surface area contributed by atoms with Crippen LogP contribution in [0.1, 0.15) is 20.3 Å². The van der Waals surface area contributed by atoms with Crippen molar-refractivity contribution in [3.05, 3.63) is 0 Å². The SMILES string of the molecule is CC(C)(CO)CN1CC(CN)CC1=O. The number of nitrogens with two attached hydrogens (primary N) is 1. The zero-order valence-electron chi connectivity index (χ0n) is 8.99. The van der Waals surface area contributed by atoms with Crippen LogP contribution in [0, 0.1) is 11.3 Å². The molecule has 0 aliphatic carbocycles. The lowest BCUT2D eigenvalue weighted by Gasteiger charge is -2.28. The Kier molecular flexibility index (Phi) is 3.50. The third-order valence-corrected chi connectivity index (χ3v) is 2.67. The first-order chi connectivity index (χ1) is 6.48. The number of carbonyl (C=O) groups excluding carboxylic acids is 1. The number of likely N-dealkylation sites (tertiary alicyclic amines) is 1. The summed E-state index contributed by atoms with van der Waals surface area (Å²) in [4.78, 5) is 13.3. The summed E-state index contributed by atoms with van der Waals surface area (Å²) in [6.07, 6.45) is 0.567. The van der Waals surface area contributed by atoms with Crippen LogP contribution in [0.3, 0.4) is 0 Å². The predicted octanol–water partition coefficient (Wildman–Crippen LogP) is -0.188. The van der Waals surface area contributed by atoms with Crippen molar-refractivity contribution < 1.29 is 9.90 Å². The molecule has 1 fully saturated rings. The van der Waals surface area contributed by atoms with E-state index in [-0.39, 0.29) is 17.9 Å². The zero-order chi connectivity index (χ0) is 10.8. The van der Waals surface area contributed by atoms with Gasteiger partial charge in [-0.2, -0.15) is 0 Å². The van der Waals surface area contributed by atoms with Gasteiger partial charge in [0.05, 0.1) is 0 Å². The number of hydrogen-bond acceptors (Lipinski definition) is 3. The zero-order valence-corrected chi connectivity index (χ0v) is 8.99. The molecule has 1 aliphatic rings. The summed E-state index contributed by atoms with van der Waals surface area (Å²) < 4.78 is 0. The van der Waals surface area contributed by atoms with Crippen molar-refractivity contribution >= 4 is 5.91 Å². The van der Waals surface area contributed by atoms with Gasteiger partial charge in [-0.05, 0) is 12.5 Å². The summed E-state index contributed by atoms with van der Waals surface area (Å²) in [5.74, 6) is 0.471. The molecule has 0 bridgehead atoms. The summed E-state index contributed by atoms with van der Waals surface area (Å²) in [5, 5.41) is 9.10. The van der Waals surface area contributed by atoms with Gasteiger partial charge in [-0.25, -0.2) is 0 Å². The molecule has 0 aromatic heterocycles. The largest absolute Gasteiger partial charge is 0.396 e. The lowest BCUT2D eigenvalue weighted by atomic mass is 9.94. The molecule has 4 heteroatoms. The van der Waals surface area contributed by atoms with Gasteiger partial charge in [0.25, 0.3) is 0 Å². The van der Waals surface area contributed by atoms with E-state index in [0.29, 0.717) is 25.4 Å². The molecular weight excluding hydrogens is 180 g/mol. The first kappa shape index (κ1) is 11.5. The topological polar surface area (TPSA) is 66.6 Å². The minimum absolute atomic E-state index is 0.101. The van der Waals surface area contributed by atoms with Crippen LogP contribution in [0.2, 0.25) is 0 Å². The predicted molar refractivity (Wildman–Crippen MR) is 54.6 cm³/mol. The van der Waals surface area contributed by atoms with E-state index in [9.17, 15) is 4.79 Å². The molecule has 1 unspecified atom stereocenters. The van der Waals surface area contributed by atoms with Crippen LogP contribution in [0.5, 0.6) is 0 Å². The molecule has 1 amide bonds. The van der Waals surface area contributed by atoms with Crippen molar-refractivity contribution in [3.8, 4) is 0 Å². The minimum Gasteiger partial charge on any atom is -0.396 e. The molecule has 1 heterocycles. The molecule has 1 atom stereocenters. The van der Waals surface area contributed by atoms with Gasteiger partial charge in [-0.1, -0.05) is 13.8 Å². The number of carbonyl (C=O) groups is 1. The van der Waals surface area contributed by atoms with E-state index in [1.807, 2.05) is 18.7 Å². The maximum atomic E-state index is 11.5. The van der Waals surface area contributed by atoms with Gasteiger partial charge >= 0.3 is 0 Å². The molecule has 0 aromatic carbocycles. The fraction of sp³-hybridized carbons (Fsp3) is 0.900. The van der Waals surface area contributed by atoms with Gasteiger partial charge in [0, 0.05) is 31.5 Å². The Hall–Kier alpha value is -0.610. The molecule has 0 aromatic rings. The number of aliphatic hydroxyl groups excluding tert-OH is 1. The normalized spacial score (nSPS) is 23.3. The van der Waals surface area contributed by atoms with Crippen LogP contribution in [0.25, 0.3) is 0 Å². The van der Waals surface area contributed by atoms with Crippen LogP contribution in [0.15, 0.2) is 0 Å². The van der Waals surface area contributed by atoms with Crippen LogP contribution >= 0.6 is 0 Å². The van der Waals surface area contributed by atoms with E-state index < -0.39 is 0 Å². The summed E-state index contributed by atoms with van der Waals surface area (Å²) >= 11 is 0. The Balaban J connectivity index is 2.50. The third kappa shape index (κ3) is 2.69. The Morgan fingerprint density at radius 2 is 2.29 bits per heavy atom. The molecule has 4 nitrogen and oxygen atoms in total. The van der Waals surface area contributed by atoms with Crippen molar-refractivity contribution in [3.63, 3.8) is 0 Å². The fourth-order valence-electron chi connectivity index (χ4n) is 1.73. The quantitative estimate of drug-likeness (QED) is 0.661. The fourth-order valence-corrected chi connectivity index (χ4v) is 1.73. The van der Waals surface area contributed by atoms with Crippen molar-refractivity contribution in [2.75, 3.05) is 26.2 Å². The summed E-state index contributed by atoms with van der Waals surface area (Å²) in [7, 11) is 0. The van der Waals surface area contributed by atoms with Crippen LogP contribution in [-0.2, 0) is 4.79 Å². The van der Waals surface area contributed by atoms with E-state index >= 15 is 0 Å². The molecule has 1 rings (SSSR count). The number of amides is 1. The minimum atomic E-state index is -0.209. The van der Waals surface area contributed by atoms with E-state index in [4.69, 9.17) is 10.8 Å². The highest BCUT2D eigenvalue weighted by atomic mass is 16.3. The summed E-state index contributed by atoms with van der Waals surface area (Å²) in [6, 6.07) is 0. The van der Waals surface area contributed by atoms with Gasteiger partial charge in [0.15, 0.2) is 0 Å². The van der Waals surface area contributed by atoms with Crippen molar-refractivity contribution in [1.82, 2.24) is 4.90 Å². The highest BCUT2D eigenvalue weighted by Gasteiger charge is 2.32. The van der Waals surface area contributed by atoms with Gasteiger partial charge < -0.3 is 15.7 Å².